The first-order chi connectivity index (χ1) is 32.7. The Kier molecular flexibility index (Phi) is 17.4. The second kappa shape index (κ2) is 22.8. The first-order valence-electron chi connectivity index (χ1n) is 21.4. The fourth-order valence-corrected chi connectivity index (χ4v) is 10.8. The number of oxime groups is 1. The molecule has 4 aromatic rings. The molecular formula is C48H50ClIN4O13S2. The van der Waals surface area contributed by atoms with Gasteiger partial charge in [-0.1, -0.05) is 112 Å². The molecule has 1 fully saturated rings. The summed E-state index contributed by atoms with van der Waals surface area (Å²) in [6.07, 6.45) is -3.73. The quantitative estimate of drug-likeness (QED) is 0.0209. The highest BCUT2D eigenvalue weighted by Crippen LogP contribution is 2.38. The van der Waals surface area contributed by atoms with Crippen molar-refractivity contribution in [2.45, 2.75) is 95.8 Å². The molecule has 2 amide bonds. The number of thiazole rings is 1. The van der Waals surface area contributed by atoms with Crippen LogP contribution in [0.2, 0.25) is 4.34 Å². The van der Waals surface area contributed by atoms with Crippen molar-refractivity contribution in [3.05, 3.63) is 128 Å². The lowest BCUT2D eigenvalue weighted by Gasteiger charge is -2.49. The van der Waals surface area contributed by atoms with E-state index in [0.717, 1.165) is 16.2 Å². The number of esters is 4. The van der Waals surface area contributed by atoms with E-state index >= 15 is 0 Å². The van der Waals surface area contributed by atoms with Crippen molar-refractivity contribution in [1.29, 1.82) is 0 Å². The number of β-lactam (4-membered cyclic amide) rings is 1. The Balaban J connectivity index is 1.30. The highest BCUT2D eigenvalue weighted by Gasteiger charge is 2.58. The zero-order valence-corrected chi connectivity index (χ0v) is 43.2. The molecular weight excluding hydrogens is 1070 g/mol. The van der Waals surface area contributed by atoms with E-state index in [1.54, 1.807) is 114 Å². The van der Waals surface area contributed by atoms with Crippen LogP contribution in [0.25, 0.3) is 0 Å². The molecule has 21 heteroatoms. The smallest absolute Gasteiger partial charge is 0.356 e. The largest absolute Gasteiger partial charge is 0.497 e. The highest BCUT2D eigenvalue weighted by atomic mass is 127. The normalized spacial score (nSPS) is 17.5. The third kappa shape index (κ3) is 13.8. The Morgan fingerprint density at radius 1 is 0.913 bits per heavy atom. The average molecular weight is 1120 g/mol. The molecule has 366 valence electrons. The summed E-state index contributed by atoms with van der Waals surface area (Å²) in [5.74, 6) is -4.88. The van der Waals surface area contributed by atoms with Crippen LogP contribution in [0.4, 0.5) is 0 Å². The second-order valence-corrected chi connectivity index (χ2v) is 21.5. The fourth-order valence-electron chi connectivity index (χ4n) is 6.94. The molecule has 4 atom stereocenters. The molecule has 69 heavy (non-hydrogen) atoms. The van der Waals surface area contributed by atoms with Crippen LogP contribution in [0, 0.1) is 0 Å². The van der Waals surface area contributed by atoms with E-state index < -0.39 is 93.4 Å². The summed E-state index contributed by atoms with van der Waals surface area (Å²) >= 11 is 9.51. The van der Waals surface area contributed by atoms with Gasteiger partial charge in [0.1, 0.15) is 55.7 Å². The van der Waals surface area contributed by atoms with Gasteiger partial charge >= 0.3 is 23.9 Å². The van der Waals surface area contributed by atoms with Gasteiger partial charge in [0.2, 0.25) is 6.10 Å². The number of halogens is 2. The zero-order chi connectivity index (χ0) is 50.2. The molecule has 0 saturated carbocycles. The number of rotatable bonds is 18. The number of aromatic nitrogens is 1. The number of benzene rings is 3. The Hall–Kier alpha value is -5.71. The Morgan fingerprint density at radius 3 is 2.07 bits per heavy atom. The Labute approximate surface area is 423 Å². The molecule has 0 spiro atoms. The number of nitrogens with one attached hydrogen (secondary N) is 1. The molecule has 3 heterocycles. The number of carbonyl (C=O) groups is 6. The Bertz CT molecular complexity index is 2610. The van der Waals surface area contributed by atoms with E-state index in [2.05, 4.69) is 15.5 Å². The van der Waals surface area contributed by atoms with Gasteiger partial charge in [0, 0.05) is 4.43 Å². The standard InChI is InChI=1S/C48H50ClIN4O13S2/c1-47(2,3)65-34(55)22-32(45(59)63-25-27-18-20-31(62-7)21-19-27)67-53-37(36-41(49)68-33(51-36)23-35(56)66-48(4,5)6)42(57)52-38-43(58)54-39(30(24-50)26-69(61)44(38)54)46(60)64-40(28-14-10-8-11-15-28)29-16-12-9-13-17-29/h8-21,32,38,40,44H,22-26H2,1-7H3,(H,52,57)/b53-37-/t32-,38+,44+,69?/m0/s1. The van der Waals surface area contributed by atoms with Crippen molar-refractivity contribution >= 4 is 97.7 Å². The molecule has 3 aromatic carbocycles. The van der Waals surface area contributed by atoms with Gasteiger partial charge in [-0.3, -0.25) is 28.3 Å². The lowest BCUT2D eigenvalue weighted by atomic mass is 10.0. The van der Waals surface area contributed by atoms with Gasteiger partial charge in [0.25, 0.3) is 11.8 Å². The number of ether oxygens (including phenoxy) is 5. The average Bonchev–Trinajstić information content (AvgIpc) is 3.65. The van der Waals surface area contributed by atoms with Crippen LogP contribution in [0.15, 0.2) is 101 Å². The van der Waals surface area contributed by atoms with Crippen LogP contribution >= 0.6 is 45.5 Å². The Morgan fingerprint density at radius 2 is 1.51 bits per heavy atom. The minimum Gasteiger partial charge on any atom is -0.497 e. The lowest BCUT2D eigenvalue weighted by Crippen LogP contribution is -2.74. The summed E-state index contributed by atoms with van der Waals surface area (Å²) in [7, 11) is -0.334. The molecule has 0 aliphatic carbocycles. The van der Waals surface area contributed by atoms with Crippen molar-refractivity contribution in [1.82, 2.24) is 15.2 Å². The molecule has 0 radical (unpaired) electrons. The van der Waals surface area contributed by atoms with E-state index in [4.69, 9.17) is 40.1 Å². The SMILES string of the molecule is COc1ccc(COC(=O)[C@H](CC(=O)OC(C)(C)C)O/N=C(\C(=O)N[C@@H]2C(=O)N3C(C(=O)OC(c4ccccc4)c4ccccc4)=C(CI)CS(=O)[C@H]23)c2nc(CC(=O)OC(C)(C)C)sc2Cl)cc1. The predicted molar refractivity (Wildman–Crippen MR) is 264 cm³/mol. The molecule has 2 aliphatic heterocycles. The number of alkyl halides is 1. The summed E-state index contributed by atoms with van der Waals surface area (Å²) in [4.78, 5) is 93.7. The van der Waals surface area contributed by atoms with Crippen LogP contribution in [0.3, 0.4) is 0 Å². The third-order valence-electron chi connectivity index (χ3n) is 9.91. The van der Waals surface area contributed by atoms with Gasteiger partial charge in [0.05, 0.1) is 36.5 Å². The number of amides is 2. The molecule has 17 nitrogen and oxygen atoms in total. The monoisotopic (exact) mass is 1120 g/mol. The first-order valence-corrected chi connectivity index (χ1v) is 25.5. The van der Waals surface area contributed by atoms with Crippen LogP contribution in [0.5, 0.6) is 5.75 Å². The minimum absolute atomic E-state index is 0.0916. The molecule has 0 bridgehead atoms. The first kappa shape index (κ1) is 52.7. The summed E-state index contributed by atoms with van der Waals surface area (Å²) in [6, 6.07) is 23.3. The predicted octanol–water partition coefficient (Wildman–Crippen LogP) is 6.69. The van der Waals surface area contributed by atoms with Gasteiger partial charge < -0.3 is 33.8 Å². The molecule has 2 aliphatic rings. The number of carbonyl (C=O) groups excluding carboxylic acids is 6. The third-order valence-corrected chi connectivity index (χ3v) is 13.7. The molecule has 1 unspecified atom stereocenters. The van der Waals surface area contributed by atoms with Crippen LogP contribution in [-0.4, -0.2) is 102 Å². The number of hydrogen-bond acceptors (Lipinski definition) is 16. The molecule has 1 aromatic heterocycles. The number of nitrogens with zero attached hydrogens (tertiary/aromatic N) is 3. The van der Waals surface area contributed by atoms with E-state index in [-0.39, 0.29) is 43.9 Å². The van der Waals surface area contributed by atoms with Gasteiger partial charge in [0.15, 0.2) is 11.8 Å². The summed E-state index contributed by atoms with van der Waals surface area (Å²) in [6.45, 7) is 9.69. The maximum Gasteiger partial charge on any atom is 0.356 e. The van der Waals surface area contributed by atoms with Crippen molar-refractivity contribution in [3.63, 3.8) is 0 Å². The number of fused-ring (bicyclic) bond motifs is 1. The summed E-state index contributed by atoms with van der Waals surface area (Å²) in [5, 5.41) is 5.44. The van der Waals surface area contributed by atoms with Crippen molar-refractivity contribution < 1.29 is 61.5 Å². The van der Waals surface area contributed by atoms with Gasteiger partial charge in [-0.25, -0.2) is 14.6 Å². The van der Waals surface area contributed by atoms with Gasteiger partial charge in [-0.15, -0.1) is 11.3 Å². The van der Waals surface area contributed by atoms with Crippen LogP contribution in [-0.2, 0) is 76.4 Å². The molecule has 1 N–H and O–H groups in total. The second-order valence-electron chi connectivity index (χ2n) is 17.5. The number of hydrogen-bond donors (Lipinski definition) is 1. The fraction of sp³-hybridized carbons (Fsp3) is 0.375. The minimum atomic E-state index is -1.84. The topological polar surface area (TPSA) is 215 Å². The highest BCUT2D eigenvalue weighted by molar-refractivity contribution is 14.1. The van der Waals surface area contributed by atoms with Crippen molar-refractivity contribution in [2.24, 2.45) is 5.16 Å². The number of methoxy groups -OCH3 is 1. The van der Waals surface area contributed by atoms with E-state index in [9.17, 15) is 33.0 Å². The molecule has 6 rings (SSSR count). The van der Waals surface area contributed by atoms with Gasteiger partial charge in [-0.05, 0) is 75.9 Å². The summed E-state index contributed by atoms with van der Waals surface area (Å²) < 4.78 is 41.7. The zero-order valence-electron chi connectivity index (χ0n) is 38.6. The van der Waals surface area contributed by atoms with Crippen LogP contribution < -0.4 is 10.1 Å². The summed E-state index contributed by atoms with van der Waals surface area (Å²) in [5.41, 5.74) is -0.565. The molecule has 1 saturated heterocycles. The van der Waals surface area contributed by atoms with Crippen molar-refractivity contribution in [3.8, 4) is 5.75 Å². The maximum absolute atomic E-state index is 14.5. The van der Waals surface area contributed by atoms with Gasteiger partial charge in [-0.2, -0.15) is 0 Å². The van der Waals surface area contributed by atoms with Crippen molar-refractivity contribution in [2.75, 3.05) is 17.3 Å². The van der Waals surface area contributed by atoms with E-state index in [1.165, 1.54) is 7.11 Å². The maximum atomic E-state index is 14.5. The van der Waals surface area contributed by atoms with E-state index in [1.807, 2.05) is 34.7 Å². The lowest BCUT2D eigenvalue weighted by molar-refractivity contribution is -0.169. The van der Waals surface area contributed by atoms with E-state index in [0.29, 0.717) is 28.0 Å². The van der Waals surface area contributed by atoms with Crippen LogP contribution in [0.1, 0.15) is 81.5 Å².